The molecule has 0 aliphatic heterocycles. The van der Waals surface area contributed by atoms with E-state index in [1.807, 2.05) is 55.5 Å². The number of nitrogens with zero attached hydrogens (tertiary/aromatic N) is 1. The number of methoxy groups -OCH3 is 1. The Kier molecular flexibility index (Phi) is 9.94. The van der Waals surface area contributed by atoms with Gasteiger partial charge in [-0.3, -0.25) is 19.3 Å². The third-order valence-electron chi connectivity index (χ3n) is 6.73. The van der Waals surface area contributed by atoms with E-state index < -0.39 is 23.8 Å². The molecule has 0 bridgehead atoms. The highest BCUT2D eigenvalue weighted by Gasteiger charge is 2.32. The second-order valence-electron chi connectivity index (χ2n) is 10.1. The number of aryl methyl sites for hydroxylation is 1. The minimum atomic E-state index is -1.02. The van der Waals surface area contributed by atoms with E-state index in [1.54, 1.807) is 43.5 Å². The van der Waals surface area contributed by atoms with Crippen molar-refractivity contribution in [3.63, 3.8) is 0 Å². The lowest BCUT2D eigenvalue weighted by Gasteiger charge is -2.31. The van der Waals surface area contributed by atoms with Crippen LogP contribution in [0.1, 0.15) is 48.3 Å². The van der Waals surface area contributed by atoms with Crippen LogP contribution in [0, 0.1) is 6.92 Å². The first-order valence-corrected chi connectivity index (χ1v) is 13.7. The number of rotatable bonds is 11. The van der Waals surface area contributed by atoms with Gasteiger partial charge in [0.2, 0.25) is 11.8 Å². The van der Waals surface area contributed by atoms with Gasteiger partial charge in [0.05, 0.1) is 19.9 Å². The fourth-order valence-corrected chi connectivity index (χ4v) is 4.36. The van der Waals surface area contributed by atoms with Crippen LogP contribution in [0.25, 0.3) is 0 Å². The van der Waals surface area contributed by atoms with Crippen molar-refractivity contribution in [3.05, 3.63) is 126 Å². The summed E-state index contributed by atoms with van der Waals surface area (Å²) in [4.78, 5) is 41.8. The Morgan fingerprint density at radius 2 is 1.55 bits per heavy atom. The molecular weight excluding hydrogens is 530 g/mol. The molecule has 3 aromatic carbocycles. The van der Waals surface area contributed by atoms with Gasteiger partial charge in [0.25, 0.3) is 5.91 Å². The lowest BCUT2D eigenvalue weighted by Crippen LogP contribution is -2.43. The third kappa shape index (κ3) is 7.75. The van der Waals surface area contributed by atoms with E-state index in [-0.39, 0.29) is 12.5 Å². The molecule has 0 saturated heterocycles. The van der Waals surface area contributed by atoms with Crippen LogP contribution in [0.15, 0.2) is 108 Å². The molecule has 0 fully saturated rings. The number of ether oxygens (including phenoxy) is 1. The maximum absolute atomic E-state index is 13.9. The molecule has 0 saturated carbocycles. The standard InChI is InChI=1S/C34H35N3O5/c1-23(2)25-11-15-28(16-12-25)37(32(39)20-19-31(38)36-27-13-17-29(41-4)18-14-27)33(26-9-7-24(3)8-10-26)34(40)35-22-30-6-5-21-42-30/h5-21,23,33H,22H2,1-4H3,(H,35,40)(H,36,38). The van der Waals surface area contributed by atoms with Gasteiger partial charge in [-0.05, 0) is 72.5 Å². The first-order valence-electron chi connectivity index (χ1n) is 13.7. The average Bonchev–Trinajstić information content (AvgIpc) is 3.52. The summed E-state index contributed by atoms with van der Waals surface area (Å²) in [6, 6.07) is 24.3. The van der Waals surface area contributed by atoms with Crippen molar-refractivity contribution < 1.29 is 23.5 Å². The van der Waals surface area contributed by atoms with Crippen LogP contribution in [0.2, 0.25) is 0 Å². The predicted molar refractivity (Wildman–Crippen MR) is 163 cm³/mol. The molecule has 1 aromatic heterocycles. The van der Waals surface area contributed by atoms with Crippen LogP contribution in [0.5, 0.6) is 5.75 Å². The maximum atomic E-state index is 13.9. The Bertz CT molecular complexity index is 1510. The first-order chi connectivity index (χ1) is 20.2. The zero-order chi connectivity index (χ0) is 30.1. The topological polar surface area (TPSA) is 101 Å². The Morgan fingerprint density at radius 1 is 0.881 bits per heavy atom. The van der Waals surface area contributed by atoms with Crippen molar-refractivity contribution in [2.24, 2.45) is 0 Å². The molecule has 216 valence electrons. The highest BCUT2D eigenvalue weighted by atomic mass is 16.5. The van der Waals surface area contributed by atoms with E-state index in [9.17, 15) is 14.4 Å². The summed E-state index contributed by atoms with van der Waals surface area (Å²) in [5.74, 6) is 0.112. The van der Waals surface area contributed by atoms with Gasteiger partial charge in [-0.25, -0.2) is 0 Å². The van der Waals surface area contributed by atoms with Crippen LogP contribution in [-0.2, 0) is 20.9 Å². The predicted octanol–water partition coefficient (Wildman–Crippen LogP) is 6.31. The Hall–Kier alpha value is -5.11. The molecule has 3 amide bonds. The Morgan fingerprint density at radius 3 is 2.14 bits per heavy atom. The van der Waals surface area contributed by atoms with Crippen LogP contribution < -0.4 is 20.3 Å². The van der Waals surface area contributed by atoms with E-state index in [2.05, 4.69) is 24.5 Å². The monoisotopic (exact) mass is 565 g/mol. The molecule has 0 aliphatic carbocycles. The summed E-state index contributed by atoms with van der Waals surface area (Å²) in [6.07, 6.45) is 3.87. The molecule has 4 aromatic rings. The number of benzene rings is 3. The molecule has 1 unspecified atom stereocenters. The third-order valence-corrected chi connectivity index (χ3v) is 6.73. The average molecular weight is 566 g/mol. The molecule has 8 nitrogen and oxygen atoms in total. The molecule has 4 rings (SSSR count). The van der Waals surface area contributed by atoms with Crippen molar-refractivity contribution in [1.82, 2.24) is 5.32 Å². The minimum absolute atomic E-state index is 0.155. The second-order valence-corrected chi connectivity index (χ2v) is 10.1. The normalized spacial score (nSPS) is 11.7. The Labute approximate surface area is 246 Å². The molecule has 0 radical (unpaired) electrons. The summed E-state index contributed by atoms with van der Waals surface area (Å²) < 4.78 is 10.5. The molecule has 1 heterocycles. The molecular formula is C34H35N3O5. The van der Waals surface area contributed by atoms with E-state index in [0.717, 1.165) is 17.2 Å². The van der Waals surface area contributed by atoms with Crippen molar-refractivity contribution >= 4 is 29.1 Å². The number of furan rings is 1. The van der Waals surface area contributed by atoms with Crippen LogP contribution in [0.3, 0.4) is 0 Å². The summed E-state index contributed by atoms with van der Waals surface area (Å²) in [5, 5.41) is 5.63. The van der Waals surface area contributed by atoms with E-state index in [4.69, 9.17) is 9.15 Å². The summed E-state index contributed by atoms with van der Waals surface area (Å²) in [6.45, 7) is 6.27. The highest BCUT2D eigenvalue weighted by molar-refractivity contribution is 6.10. The van der Waals surface area contributed by atoms with E-state index in [1.165, 1.54) is 17.2 Å². The number of hydrogen-bond acceptors (Lipinski definition) is 5. The van der Waals surface area contributed by atoms with Gasteiger partial charge < -0.3 is 19.8 Å². The zero-order valence-electron chi connectivity index (χ0n) is 24.2. The Balaban J connectivity index is 1.67. The van der Waals surface area contributed by atoms with Crippen LogP contribution in [-0.4, -0.2) is 24.8 Å². The van der Waals surface area contributed by atoms with Crippen LogP contribution in [0.4, 0.5) is 11.4 Å². The number of nitrogens with one attached hydrogen (secondary N) is 2. The molecule has 1 atom stereocenters. The summed E-state index contributed by atoms with van der Waals surface area (Å²) in [7, 11) is 1.56. The summed E-state index contributed by atoms with van der Waals surface area (Å²) in [5.41, 5.74) is 3.80. The van der Waals surface area contributed by atoms with Gasteiger partial charge in [-0.2, -0.15) is 0 Å². The lowest BCUT2D eigenvalue weighted by atomic mass is 9.99. The van der Waals surface area contributed by atoms with Gasteiger partial charge >= 0.3 is 0 Å². The first kappa shape index (κ1) is 29.9. The molecule has 2 N–H and O–H groups in total. The molecule has 0 aliphatic rings. The maximum Gasteiger partial charge on any atom is 0.252 e. The lowest BCUT2D eigenvalue weighted by molar-refractivity contribution is -0.125. The van der Waals surface area contributed by atoms with Crippen molar-refractivity contribution in [1.29, 1.82) is 0 Å². The number of amides is 3. The number of hydrogen-bond donors (Lipinski definition) is 2. The van der Waals surface area contributed by atoms with E-state index in [0.29, 0.717) is 28.4 Å². The largest absolute Gasteiger partial charge is 0.497 e. The van der Waals surface area contributed by atoms with Gasteiger partial charge in [0.1, 0.15) is 17.6 Å². The fourth-order valence-electron chi connectivity index (χ4n) is 4.36. The fraction of sp³-hybridized carbons (Fsp3) is 0.206. The molecule has 0 spiro atoms. The number of carbonyl (C=O) groups excluding carboxylic acids is 3. The van der Waals surface area contributed by atoms with Crippen molar-refractivity contribution in [2.75, 3.05) is 17.3 Å². The second kappa shape index (κ2) is 14.0. The van der Waals surface area contributed by atoms with Crippen molar-refractivity contribution in [2.45, 2.75) is 39.3 Å². The number of anilines is 2. The highest BCUT2D eigenvalue weighted by Crippen LogP contribution is 2.30. The quantitative estimate of drug-likeness (QED) is 0.208. The van der Waals surface area contributed by atoms with Gasteiger partial charge in [-0.15, -0.1) is 0 Å². The van der Waals surface area contributed by atoms with Gasteiger partial charge in [0.15, 0.2) is 0 Å². The SMILES string of the molecule is COc1ccc(NC(=O)C=CC(=O)N(c2ccc(C(C)C)cc2)C(C(=O)NCc2ccco2)c2ccc(C)cc2)cc1. The zero-order valence-corrected chi connectivity index (χ0v) is 24.2. The summed E-state index contributed by atoms with van der Waals surface area (Å²) >= 11 is 0. The molecule has 8 heteroatoms. The number of carbonyl (C=O) groups is 3. The minimum Gasteiger partial charge on any atom is -0.497 e. The van der Waals surface area contributed by atoms with Crippen molar-refractivity contribution in [3.8, 4) is 5.75 Å². The van der Waals surface area contributed by atoms with Gasteiger partial charge in [0, 0.05) is 23.5 Å². The van der Waals surface area contributed by atoms with Gasteiger partial charge in [-0.1, -0.05) is 55.8 Å². The van der Waals surface area contributed by atoms with Crippen LogP contribution >= 0.6 is 0 Å². The smallest absolute Gasteiger partial charge is 0.252 e. The van der Waals surface area contributed by atoms with E-state index >= 15 is 0 Å². The molecule has 42 heavy (non-hydrogen) atoms.